The Labute approximate surface area is 142 Å². The van der Waals surface area contributed by atoms with E-state index in [1.807, 2.05) is 0 Å². The zero-order chi connectivity index (χ0) is 17.1. The highest BCUT2D eigenvalue weighted by molar-refractivity contribution is 7.17. The zero-order valence-electron chi connectivity index (χ0n) is 12.1. The lowest BCUT2D eigenvalue weighted by atomic mass is 10.3. The molecule has 0 N–H and O–H groups in total. The summed E-state index contributed by atoms with van der Waals surface area (Å²) in [7, 11) is 0. The maximum Gasteiger partial charge on any atom is 0.433 e. The highest BCUT2D eigenvalue weighted by atomic mass is 35.5. The molecule has 4 rings (SSSR count). The number of nitrogens with zero attached hydrogens (tertiary/aromatic N) is 4. The van der Waals surface area contributed by atoms with Crippen LogP contribution >= 0.6 is 22.9 Å². The minimum absolute atomic E-state index is 0.227. The number of hydrogen-bond donors (Lipinski definition) is 0. The lowest BCUT2D eigenvalue weighted by Crippen LogP contribution is -2.20. The number of aryl methyl sites for hydroxylation is 2. The van der Waals surface area contributed by atoms with E-state index >= 15 is 0 Å². The molecule has 0 aliphatic heterocycles. The molecule has 0 amide bonds. The summed E-state index contributed by atoms with van der Waals surface area (Å²) in [5.74, 6) is 0. The molecule has 0 atom stereocenters. The minimum Gasteiger partial charge on any atom is -0.269 e. The molecule has 0 radical (unpaired) electrons. The molecule has 3 heterocycles. The van der Waals surface area contributed by atoms with E-state index in [-0.39, 0.29) is 23.0 Å². The summed E-state index contributed by atoms with van der Waals surface area (Å²) in [5.41, 5.74) is -0.0493. The van der Waals surface area contributed by atoms with Crippen molar-refractivity contribution in [2.75, 3.05) is 0 Å². The molecule has 0 bridgehead atoms. The van der Waals surface area contributed by atoms with Gasteiger partial charge in [-0.3, -0.25) is 13.9 Å². The summed E-state index contributed by atoms with van der Waals surface area (Å²) in [4.78, 5) is 18.3. The van der Waals surface area contributed by atoms with Crippen LogP contribution < -0.4 is 5.56 Å². The molecule has 5 nitrogen and oxygen atoms in total. The number of thiazole rings is 1. The molecule has 1 aliphatic rings. The van der Waals surface area contributed by atoms with E-state index in [9.17, 15) is 18.0 Å². The van der Waals surface area contributed by atoms with Crippen molar-refractivity contribution in [3.8, 4) is 0 Å². The first-order valence-corrected chi connectivity index (χ1v) is 8.36. The fourth-order valence-electron chi connectivity index (χ4n) is 2.95. The third-order valence-electron chi connectivity index (χ3n) is 3.92. The quantitative estimate of drug-likeness (QED) is 0.692. The van der Waals surface area contributed by atoms with Crippen molar-refractivity contribution in [1.82, 2.24) is 19.2 Å². The molecule has 0 aromatic carbocycles. The Bertz CT molecular complexity index is 1000. The third kappa shape index (κ3) is 2.51. The van der Waals surface area contributed by atoms with E-state index in [0.717, 1.165) is 40.6 Å². The molecule has 0 spiro atoms. The highest BCUT2D eigenvalue weighted by Crippen LogP contribution is 2.32. The predicted octanol–water partition coefficient (Wildman–Crippen LogP) is 3.16. The number of halogens is 4. The van der Waals surface area contributed by atoms with E-state index in [0.29, 0.717) is 4.96 Å². The van der Waals surface area contributed by atoms with Crippen LogP contribution in [0.5, 0.6) is 0 Å². The standard InChI is InChI=1S/C14H10ClF3N4OS/c15-11-5-10(14(16,17)18)21(20-11)6-7-4-12(23)22-8-2-1-3-9(8)24-13(22)19-7/h4-5H,1-3,6H2. The van der Waals surface area contributed by atoms with Crippen LogP contribution in [0.4, 0.5) is 13.2 Å². The minimum atomic E-state index is -4.58. The van der Waals surface area contributed by atoms with Gasteiger partial charge in [-0.15, -0.1) is 11.3 Å². The van der Waals surface area contributed by atoms with Gasteiger partial charge < -0.3 is 0 Å². The number of fused-ring (bicyclic) bond motifs is 3. The van der Waals surface area contributed by atoms with Gasteiger partial charge in [-0.25, -0.2) is 4.98 Å². The second kappa shape index (κ2) is 5.32. The molecule has 0 saturated carbocycles. The molecule has 10 heteroatoms. The Balaban J connectivity index is 1.78. The highest BCUT2D eigenvalue weighted by Gasteiger charge is 2.36. The third-order valence-corrected chi connectivity index (χ3v) is 5.24. The number of hydrogen-bond acceptors (Lipinski definition) is 4. The van der Waals surface area contributed by atoms with Gasteiger partial charge in [0, 0.05) is 22.7 Å². The Kier molecular flexibility index (Phi) is 3.47. The van der Waals surface area contributed by atoms with Crippen molar-refractivity contribution < 1.29 is 13.2 Å². The number of aromatic nitrogens is 4. The van der Waals surface area contributed by atoms with Gasteiger partial charge in [-0.1, -0.05) is 11.6 Å². The van der Waals surface area contributed by atoms with Gasteiger partial charge >= 0.3 is 6.18 Å². The second-order valence-electron chi connectivity index (χ2n) is 5.54. The van der Waals surface area contributed by atoms with Crippen LogP contribution in [0.3, 0.4) is 0 Å². The fourth-order valence-corrected chi connectivity index (χ4v) is 4.38. The monoisotopic (exact) mass is 374 g/mol. The van der Waals surface area contributed by atoms with Gasteiger partial charge in [-0.2, -0.15) is 18.3 Å². The van der Waals surface area contributed by atoms with E-state index in [1.54, 1.807) is 4.40 Å². The van der Waals surface area contributed by atoms with Gasteiger partial charge in [0.2, 0.25) is 0 Å². The Hall–Kier alpha value is -1.87. The Morgan fingerprint density at radius 2 is 2.08 bits per heavy atom. The predicted molar refractivity (Wildman–Crippen MR) is 82.7 cm³/mol. The van der Waals surface area contributed by atoms with Crippen LogP contribution in [0, 0.1) is 0 Å². The largest absolute Gasteiger partial charge is 0.433 e. The van der Waals surface area contributed by atoms with Gasteiger partial charge in [0.15, 0.2) is 10.1 Å². The molecular formula is C14H10ClF3N4OS. The van der Waals surface area contributed by atoms with Crippen LogP contribution in [-0.2, 0) is 25.6 Å². The molecule has 3 aromatic rings. The summed E-state index contributed by atoms with van der Waals surface area (Å²) < 4.78 is 41.3. The van der Waals surface area contributed by atoms with E-state index in [4.69, 9.17) is 11.6 Å². The van der Waals surface area contributed by atoms with Crippen molar-refractivity contribution in [1.29, 1.82) is 0 Å². The molecule has 1 aliphatic carbocycles. The van der Waals surface area contributed by atoms with Crippen LogP contribution in [0.25, 0.3) is 4.96 Å². The molecule has 0 saturated heterocycles. The molecular weight excluding hydrogens is 365 g/mol. The van der Waals surface area contributed by atoms with Crippen molar-refractivity contribution >= 4 is 27.9 Å². The smallest absolute Gasteiger partial charge is 0.269 e. The molecule has 0 unspecified atom stereocenters. The number of alkyl halides is 3. The van der Waals surface area contributed by atoms with Crippen molar-refractivity contribution in [3.63, 3.8) is 0 Å². The van der Waals surface area contributed by atoms with Crippen LogP contribution in [0.2, 0.25) is 5.15 Å². The summed E-state index contributed by atoms with van der Waals surface area (Å²) in [6.07, 6.45) is -1.84. The summed E-state index contributed by atoms with van der Waals surface area (Å²) >= 11 is 7.01. The van der Waals surface area contributed by atoms with E-state index in [1.165, 1.54) is 17.4 Å². The average Bonchev–Trinajstić information content (AvgIpc) is 3.11. The summed E-state index contributed by atoms with van der Waals surface area (Å²) in [6, 6.07) is 2.01. The molecule has 126 valence electrons. The van der Waals surface area contributed by atoms with Gasteiger partial charge in [0.05, 0.1) is 12.2 Å². The first kappa shape index (κ1) is 15.6. The van der Waals surface area contributed by atoms with Crippen LogP contribution in [0.15, 0.2) is 16.9 Å². The summed E-state index contributed by atoms with van der Waals surface area (Å²) in [5, 5.41) is 3.39. The van der Waals surface area contributed by atoms with E-state index < -0.39 is 11.9 Å². The molecule has 3 aromatic heterocycles. The van der Waals surface area contributed by atoms with Crippen molar-refractivity contribution in [2.45, 2.75) is 32.0 Å². The average molecular weight is 375 g/mol. The van der Waals surface area contributed by atoms with Crippen LogP contribution in [-0.4, -0.2) is 19.2 Å². The number of rotatable bonds is 2. The molecule has 0 fully saturated rings. The van der Waals surface area contributed by atoms with Crippen molar-refractivity contribution in [2.24, 2.45) is 0 Å². The Morgan fingerprint density at radius 1 is 1.29 bits per heavy atom. The van der Waals surface area contributed by atoms with Gasteiger partial charge in [-0.05, 0) is 19.3 Å². The normalized spacial score (nSPS) is 14.5. The zero-order valence-corrected chi connectivity index (χ0v) is 13.7. The second-order valence-corrected chi connectivity index (χ2v) is 6.99. The Morgan fingerprint density at radius 3 is 2.83 bits per heavy atom. The lowest BCUT2D eigenvalue weighted by Gasteiger charge is -2.09. The first-order chi connectivity index (χ1) is 11.3. The van der Waals surface area contributed by atoms with Gasteiger partial charge in [0.25, 0.3) is 5.56 Å². The van der Waals surface area contributed by atoms with Gasteiger partial charge in [0.1, 0.15) is 5.69 Å². The maximum absolute atomic E-state index is 13.0. The molecule has 24 heavy (non-hydrogen) atoms. The van der Waals surface area contributed by atoms with Crippen molar-refractivity contribution in [3.05, 3.63) is 49.6 Å². The summed E-state index contributed by atoms with van der Waals surface area (Å²) in [6.45, 7) is -0.268. The topological polar surface area (TPSA) is 52.2 Å². The van der Waals surface area contributed by atoms with E-state index in [2.05, 4.69) is 10.1 Å². The first-order valence-electron chi connectivity index (χ1n) is 7.17. The lowest BCUT2D eigenvalue weighted by molar-refractivity contribution is -0.144. The van der Waals surface area contributed by atoms with Crippen LogP contribution in [0.1, 0.15) is 28.4 Å². The fraction of sp³-hybridized carbons (Fsp3) is 0.357. The maximum atomic E-state index is 13.0. The SMILES string of the molecule is O=c1cc(Cn2nc(Cl)cc2C(F)(F)F)nc2sc3c(n12)CCC3.